The van der Waals surface area contributed by atoms with Crippen molar-refractivity contribution < 1.29 is 13.2 Å². The van der Waals surface area contributed by atoms with Gasteiger partial charge in [0.25, 0.3) is 0 Å². The van der Waals surface area contributed by atoms with Crippen molar-refractivity contribution in [3.63, 3.8) is 0 Å². The molecule has 0 aliphatic heterocycles. The van der Waals surface area contributed by atoms with Crippen LogP contribution in [0.25, 0.3) is 0 Å². The van der Waals surface area contributed by atoms with Crippen LogP contribution in [0, 0.1) is 20.8 Å². The number of aryl methyl sites for hydroxylation is 1. The van der Waals surface area contributed by atoms with Crippen LogP contribution < -0.4 is 9.46 Å². The maximum atomic E-state index is 12.4. The summed E-state index contributed by atoms with van der Waals surface area (Å²) >= 11 is 0. The molecule has 0 atom stereocenters. The predicted octanol–water partition coefficient (Wildman–Crippen LogP) is 2.63. The summed E-state index contributed by atoms with van der Waals surface area (Å²) in [6.45, 7) is 9.19. The van der Waals surface area contributed by atoms with E-state index in [-0.39, 0.29) is 0 Å². The highest BCUT2D eigenvalue weighted by atomic mass is 32.2. The SMILES string of the molecule is C=C=CCCNS(=O)(=O)c1c(C)cc(OC)c(C)c1C. The zero-order valence-corrected chi connectivity index (χ0v) is 13.2. The minimum absolute atomic E-state index is 0.328. The maximum absolute atomic E-state index is 12.4. The van der Waals surface area contributed by atoms with E-state index in [4.69, 9.17) is 4.74 Å². The number of hydrogen-bond donors (Lipinski definition) is 1. The molecule has 5 heteroatoms. The molecular formula is C15H21NO3S. The molecule has 1 rings (SSSR count). The van der Waals surface area contributed by atoms with Gasteiger partial charge in [0.2, 0.25) is 10.0 Å². The number of hydrogen-bond acceptors (Lipinski definition) is 3. The molecule has 0 radical (unpaired) electrons. The molecule has 0 heterocycles. The molecule has 0 amide bonds. The quantitative estimate of drug-likeness (QED) is 0.648. The van der Waals surface area contributed by atoms with Crippen molar-refractivity contribution in [1.29, 1.82) is 0 Å². The van der Waals surface area contributed by atoms with Gasteiger partial charge < -0.3 is 4.74 Å². The Balaban J connectivity index is 3.18. The van der Waals surface area contributed by atoms with Gasteiger partial charge in [0.15, 0.2) is 0 Å². The zero-order chi connectivity index (χ0) is 15.3. The lowest BCUT2D eigenvalue weighted by molar-refractivity contribution is 0.410. The van der Waals surface area contributed by atoms with Crippen LogP contribution in [0.2, 0.25) is 0 Å². The molecule has 0 saturated carbocycles. The molecule has 0 unspecified atom stereocenters. The molecule has 0 aliphatic rings. The van der Waals surface area contributed by atoms with E-state index in [1.807, 2.05) is 6.92 Å². The van der Waals surface area contributed by atoms with Crippen molar-refractivity contribution in [2.45, 2.75) is 32.1 Å². The van der Waals surface area contributed by atoms with Gasteiger partial charge in [-0.05, 0) is 56.0 Å². The van der Waals surface area contributed by atoms with Crippen LogP contribution in [-0.2, 0) is 10.0 Å². The topological polar surface area (TPSA) is 55.4 Å². The van der Waals surface area contributed by atoms with Crippen LogP contribution in [0.5, 0.6) is 5.75 Å². The van der Waals surface area contributed by atoms with E-state index in [0.717, 1.165) is 5.56 Å². The third kappa shape index (κ3) is 3.51. The molecule has 0 bridgehead atoms. The van der Waals surface area contributed by atoms with E-state index < -0.39 is 10.0 Å². The summed E-state index contributed by atoms with van der Waals surface area (Å²) in [5, 5.41) is 0. The molecule has 0 spiro atoms. The van der Waals surface area contributed by atoms with E-state index in [0.29, 0.717) is 34.7 Å². The molecule has 0 aliphatic carbocycles. The highest BCUT2D eigenvalue weighted by Gasteiger charge is 2.21. The van der Waals surface area contributed by atoms with Gasteiger partial charge in [-0.2, -0.15) is 0 Å². The van der Waals surface area contributed by atoms with Crippen molar-refractivity contribution in [2.75, 3.05) is 13.7 Å². The van der Waals surface area contributed by atoms with E-state index in [2.05, 4.69) is 17.0 Å². The Hall–Kier alpha value is -1.55. The normalized spacial score (nSPS) is 11.0. The van der Waals surface area contributed by atoms with Crippen molar-refractivity contribution >= 4 is 10.0 Å². The second kappa shape index (κ2) is 6.75. The number of benzene rings is 1. The summed E-state index contributed by atoms with van der Waals surface area (Å²) in [5.74, 6) is 0.702. The Morgan fingerprint density at radius 2 is 2.00 bits per heavy atom. The first-order valence-electron chi connectivity index (χ1n) is 6.34. The zero-order valence-electron chi connectivity index (χ0n) is 12.4. The summed E-state index contributed by atoms with van der Waals surface area (Å²) in [6, 6.07) is 1.75. The van der Waals surface area contributed by atoms with Crippen LogP contribution in [0.15, 0.2) is 29.3 Å². The first-order chi connectivity index (χ1) is 9.35. The lowest BCUT2D eigenvalue weighted by atomic mass is 10.1. The average molecular weight is 295 g/mol. The number of nitrogens with one attached hydrogen (secondary N) is 1. The van der Waals surface area contributed by atoms with Gasteiger partial charge in [-0.25, -0.2) is 13.1 Å². The van der Waals surface area contributed by atoms with E-state index in [9.17, 15) is 8.42 Å². The van der Waals surface area contributed by atoms with Gasteiger partial charge >= 0.3 is 0 Å². The highest BCUT2D eigenvalue weighted by molar-refractivity contribution is 7.89. The molecule has 110 valence electrons. The van der Waals surface area contributed by atoms with Crippen LogP contribution in [0.4, 0.5) is 0 Å². The second-order valence-corrected chi connectivity index (χ2v) is 6.27. The predicted molar refractivity (Wildman–Crippen MR) is 80.7 cm³/mol. The van der Waals surface area contributed by atoms with Crippen molar-refractivity contribution in [3.8, 4) is 5.75 Å². The van der Waals surface area contributed by atoms with Crippen LogP contribution in [0.1, 0.15) is 23.1 Å². The van der Waals surface area contributed by atoms with Gasteiger partial charge in [-0.15, -0.1) is 5.73 Å². The molecule has 1 aromatic carbocycles. The molecule has 0 fully saturated rings. The minimum Gasteiger partial charge on any atom is -0.496 e. The third-order valence-electron chi connectivity index (χ3n) is 3.19. The summed E-state index contributed by atoms with van der Waals surface area (Å²) in [6.07, 6.45) is 2.26. The largest absolute Gasteiger partial charge is 0.496 e. The Morgan fingerprint density at radius 1 is 1.35 bits per heavy atom. The van der Waals surface area contributed by atoms with Crippen LogP contribution >= 0.6 is 0 Å². The summed E-state index contributed by atoms with van der Waals surface area (Å²) in [7, 11) is -1.94. The first kappa shape index (κ1) is 16.5. The highest BCUT2D eigenvalue weighted by Crippen LogP contribution is 2.30. The summed E-state index contributed by atoms with van der Waals surface area (Å²) in [5.41, 5.74) is 4.85. The minimum atomic E-state index is -3.52. The van der Waals surface area contributed by atoms with Gasteiger partial charge in [0.1, 0.15) is 5.75 Å². The first-order valence-corrected chi connectivity index (χ1v) is 7.82. The van der Waals surface area contributed by atoms with E-state index in [1.54, 1.807) is 33.1 Å². The second-order valence-electron chi connectivity index (χ2n) is 4.57. The molecule has 20 heavy (non-hydrogen) atoms. The van der Waals surface area contributed by atoms with Crippen molar-refractivity contribution in [3.05, 3.63) is 41.1 Å². The van der Waals surface area contributed by atoms with Crippen molar-refractivity contribution in [1.82, 2.24) is 4.72 Å². The van der Waals surface area contributed by atoms with E-state index in [1.165, 1.54) is 0 Å². The van der Waals surface area contributed by atoms with Gasteiger partial charge in [0.05, 0.1) is 12.0 Å². The Morgan fingerprint density at radius 3 is 2.55 bits per heavy atom. The molecule has 4 nitrogen and oxygen atoms in total. The smallest absolute Gasteiger partial charge is 0.241 e. The Kier molecular flexibility index (Phi) is 5.57. The van der Waals surface area contributed by atoms with Gasteiger partial charge in [-0.3, -0.25) is 0 Å². The van der Waals surface area contributed by atoms with Gasteiger partial charge in [0, 0.05) is 6.54 Å². The standard InChI is InChI=1S/C15H21NO3S/c1-6-7-8-9-16-20(17,18)15-11(2)10-14(19-5)12(3)13(15)4/h7,10,16H,1,8-9H2,2-5H3. The monoisotopic (exact) mass is 295 g/mol. The Labute approximate surface area is 121 Å². The third-order valence-corrected chi connectivity index (χ3v) is 4.94. The lowest BCUT2D eigenvalue weighted by Crippen LogP contribution is -2.26. The fourth-order valence-corrected chi connectivity index (χ4v) is 3.66. The number of rotatable bonds is 6. The summed E-state index contributed by atoms with van der Waals surface area (Å²) in [4.78, 5) is 0.332. The molecule has 0 saturated heterocycles. The van der Waals surface area contributed by atoms with Gasteiger partial charge in [-0.1, -0.05) is 6.58 Å². The fourth-order valence-electron chi connectivity index (χ4n) is 2.09. The van der Waals surface area contributed by atoms with Crippen LogP contribution in [-0.4, -0.2) is 22.1 Å². The fraction of sp³-hybridized carbons (Fsp3) is 0.400. The molecule has 1 N–H and O–H groups in total. The number of sulfonamides is 1. The maximum Gasteiger partial charge on any atom is 0.241 e. The van der Waals surface area contributed by atoms with Crippen molar-refractivity contribution in [2.24, 2.45) is 0 Å². The average Bonchev–Trinajstić information content (AvgIpc) is 2.38. The summed E-state index contributed by atoms with van der Waals surface area (Å²) < 4.78 is 32.6. The molecule has 1 aromatic rings. The van der Waals surface area contributed by atoms with Crippen LogP contribution in [0.3, 0.4) is 0 Å². The number of ether oxygens (including phenoxy) is 1. The molecule has 0 aromatic heterocycles. The Bertz CT molecular complexity index is 642. The lowest BCUT2D eigenvalue weighted by Gasteiger charge is -2.16. The number of methoxy groups -OCH3 is 1. The molecular weight excluding hydrogens is 274 g/mol. The van der Waals surface area contributed by atoms with E-state index >= 15 is 0 Å².